The lowest BCUT2D eigenvalue weighted by Crippen LogP contribution is -2.53. The molecule has 3 rings (SSSR count). The number of guanidine groups is 1. The number of rotatable bonds is 4. The molecule has 0 bridgehead atoms. The number of aromatic nitrogens is 3. The van der Waals surface area contributed by atoms with Crippen LogP contribution in [0.3, 0.4) is 0 Å². The number of imidazole rings is 1. The summed E-state index contributed by atoms with van der Waals surface area (Å²) in [5, 5.41) is 3.34. The second kappa shape index (κ2) is 8.46. The van der Waals surface area contributed by atoms with E-state index in [1.165, 1.54) is 0 Å². The molecule has 8 heteroatoms. The fourth-order valence-electron chi connectivity index (χ4n) is 2.88. The highest BCUT2D eigenvalue weighted by Gasteiger charge is 2.20. The van der Waals surface area contributed by atoms with Gasteiger partial charge in [0, 0.05) is 58.2 Å². The average molecular weight is 355 g/mol. The molecular formula is C18H25N7O. The topological polar surface area (TPSA) is 78.7 Å². The lowest BCUT2D eigenvalue weighted by atomic mass is 10.3. The number of nitrogens with zero attached hydrogens (tertiary/aromatic N) is 6. The van der Waals surface area contributed by atoms with Crippen LogP contribution in [0.25, 0.3) is 5.82 Å². The second-order valence-corrected chi connectivity index (χ2v) is 6.16. The maximum Gasteiger partial charge on any atom is 0.219 e. The summed E-state index contributed by atoms with van der Waals surface area (Å²) in [5.41, 5.74) is 1.05. The van der Waals surface area contributed by atoms with Crippen molar-refractivity contribution < 1.29 is 4.79 Å². The van der Waals surface area contributed by atoms with Gasteiger partial charge in [-0.25, -0.2) is 15.0 Å². The van der Waals surface area contributed by atoms with Gasteiger partial charge in [0.1, 0.15) is 12.1 Å². The molecule has 0 aromatic carbocycles. The first-order valence-corrected chi connectivity index (χ1v) is 8.89. The number of hydrogen-bond acceptors (Lipinski definition) is 4. The van der Waals surface area contributed by atoms with Gasteiger partial charge in [-0.15, -0.1) is 0 Å². The molecule has 0 saturated carbocycles. The molecule has 26 heavy (non-hydrogen) atoms. The molecule has 0 spiro atoms. The van der Waals surface area contributed by atoms with Crippen LogP contribution in [-0.4, -0.2) is 68.9 Å². The molecule has 2 aromatic heterocycles. The van der Waals surface area contributed by atoms with Gasteiger partial charge in [-0.3, -0.25) is 9.36 Å². The minimum absolute atomic E-state index is 0.135. The zero-order valence-corrected chi connectivity index (χ0v) is 15.3. The third kappa shape index (κ3) is 4.38. The largest absolute Gasteiger partial charge is 0.357 e. The lowest BCUT2D eigenvalue weighted by Gasteiger charge is -2.36. The van der Waals surface area contributed by atoms with Crippen molar-refractivity contribution in [3.05, 3.63) is 42.6 Å². The van der Waals surface area contributed by atoms with E-state index in [0.29, 0.717) is 6.54 Å². The Labute approximate surface area is 153 Å². The molecule has 8 nitrogen and oxygen atoms in total. The van der Waals surface area contributed by atoms with Crippen LogP contribution in [0.2, 0.25) is 0 Å². The van der Waals surface area contributed by atoms with Crippen molar-refractivity contribution in [3.63, 3.8) is 0 Å². The molecule has 1 aliphatic rings. The van der Waals surface area contributed by atoms with Crippen LogP contribution in [-0.2, 0) is 11.3 Å². The van der Waals surface area contributed by atoms with E-state index in [0.717, 1.165) is 50.1 Å². The quantitative estimate of drug-likeness (QED) is 0.651. The van der Waals surface area contributed by atoms with Crippen LogP contribution in [0.1, 0.15) is 19.4 Å². The van der Waals surface area contributed by atoms with Crippen molar-refractivity contribution in [3.8, 4) is 5.82 Å². The molecule has 2 aromatic rings. The molecule has 1 saturated heterocycles. The van der Waals surface area contributed by atoms with Crippen LogP contribution in [0.4, 0.5) is 0 Å². The summed E-state index contributed by atoms with van der Waals surface area (Å²) >= 11 is 0. The van der Waals surface area contributed by atoms with Crippen LogP contribution >= 0.6 is 0 Å². The predicted molar refractivity (Wildman–Crippen MR) is 100 cm³/mol. The first-order valence-electron chi connectivity index (χ1n) is 8.89. The summed E-state index contributed by atoms with van der Waals surface area (Å²) < 4.78 is 1.87. The van der Waals surface area contributed by atoms with Crippen molar-refractivity contribution in [1.29, 1.82) is 0 Å². The van der Waals surface area contributed by atoms with E-state index in [2.05, 4.69) is 27.1 Å². The predicted octanol–water partition coefficient (Wildman–Crippen LogP) is 0.897. The molecule has 0 unspecified atom stereocenters. The Morgan fingerprint density at radius 1 is 1.23 bits per heavy atom. The smallest absolute Gasteiger partial charge is 0.219 e. The van der Waals surface area contributed by atoms with E-state index >= 15 is 0 Å². The normalized spacial score (nSPS) is 15.2. The monoisotopic (exact) mass is 355 g/mol. The molecular weight excluding hydrogens is 330 g/mol. The van der Waals surface area contributed by atoms with Crippen LogP contribution in [0, 0.1) is 0 Å². The van der Waals surface area contributed by atoms with Crippen molar-refractivity contribution in [2.45, 2.75) is 20.4 Å². The van der Waals surface area contributed by atoms with Gasteiger partial charge < -0.3 is 15.1 Å². The van der Waals surface area contributed by atoms with E-state index in [4.69, 9.17) is 4.99 Å². The van der Waals surface area contributed by atoms with Gasteiger partial charge in [0.15, 0.2) is 5.96 Å². The highest BCUT2D eigenvalue weighted by Crippen LogP contribution is 2.08. The number of pyridine rings is 1. The standard InChI is InChI=1S/C18H25N7O/c1-3-20-18(24-10-8-23(9-11-24)15(2)26)22-13-16-4-5-17(21-12-16)25-7-6-19-14-25/h4-7,12,14H,3,8-11,13H2,1-2H3,(H,20,22). The Morgan fingerprint density at radius 2 is 2.00 bits per heavy atom. The van der Waals surface area contributed by atoms with Crippen molar-refractivity contribution in [2.24, 2.45) is 4.99 Å². The molecule has 0 aliphatic carbocycles. The minimum Gasteiger partial charge on any atom is -0.357 e. The van der Waals surface area contributed by atoms with Crippen molar-refractivity contribution in [1.82, 2.24) is 29.7 Å². The summed E-state index contributed by atoms with van der Waals surface area (Å²) in [6, 6.07) is 3.99. The third-order valence-electron chi connectivity index (χ3n) is 4.35. The Kier molecular flexibility index (Phi) is 5.83. The maximum atomic E-state index is 11.5. The minimum atomic E-state index is 0.135. The second-order valence-electron chi connectivity index (χ2n) is 6.16. The summed E-state index contributed by atoms with van der Waals surface area (Å²) in [5.74, 6) is 1.85. The Hall–Kier alpha value is -2.90. The lowest BCUT2D eigenvalue weighted by molar-refractivity contribution is -0.130. The number of nitrogens with one attached hydrogen (secondary N) is 1. The first kappa shape index (κ1) is 17.9. The maximum absolute atomic E-state index is 11.5. The van der Waals surface area contributed by atoms with E-state index in [9.17, 15) is 4.79 Å². The number of piperazine rings is 1. The van der Waals surface area contributed by atoms with Crippen molar-refractivity contribution >= 4 is 11.9 Å². The fraction of sp³-hybridized carbons (Fsp3) is 0.444. The fourth-order valence-corrected chi connectivity index (χ4v) is 2.88. The zero-order valence-electron chi connectivity index (χ0n) is 15.3. The molecule has 1 amide bonds. The van der Waals surface area contributed by atoms with Crippen LogP contribution in [0.5, 0.6) is 0 Å². The number of carbonyl (C=O) groups excluding carboxylic acids is 1. The Balaban J connectivity index is 1.63. The van der Waals surface area contributed by atoms with E-state index < -0.39 is 0 Å². The third-order valence-corrected chi connectivity index (χ3v) is 4.35. The van der Waals surface area contributed by atoms with Gasteiger partial charge in [-0.05, 0) is 18.6 Å². The molecule has 1 fully saturated rings. The SMILES string of the molecule is CCNC(=NCc1ccc(-n2ccnc2)nc1)N1CCN(C(C)=O)CC1. The molecule has 138 valence electrons. The first-order chi connectivity index (χ1) is 12.7. The van der Waals surface area contributed by atoms with Gasteiger partial charge in [-0.1, -0.05) is 6.07 Å². The highest BCUT2D eigenvalue weighted by molar-refractivity contribution is 5.80. The van der Waals surface area contributed by atoms with Gasteiger partial charge in [0.25, 0.3) is 0 Å². The van der Waals surface area contributed by atoms with Crippen LogP contribution < -0.4 is 5.32 Å². The van der Waals surface area contributed by atoms with E-state index in [-0.39, 0.29) is 5.91 Å². The zero-order chi connectivity index (χ0) is 18.4. The number of hydrogen-bond donors (Lipinski definition) is 1. The number of aliphatic imine (C=N–C) groups is 1. The van der Waals surface area contributed by atoms with Crippen LogP contribution in [0.15, 0.2) is 42.0 Å². The summed E-state index contributed by atoms with van der Waals surface area (Å²) in [4.78, 5) is 28.8. The Bertz CT molecular complexity index is 731. The van der Waals surface area contributed by atoms with Gasteiger partial charge >= 0.3 is 0 Å². The molecule has 0 radical (unpaired) electrons. The van der Waals surface area contributed by atoms with Gasteiger partial charge in [0.05, 0.1) is 6.54 Å². The Morgan fingerprint density at radius 3 is 2.58 bits per heavy atom. The highest BCUT2D eigenvalue weighted by atomic mass is 16.2. The molecule has 0 atom stereocenters. The van der Waals surface area contributed by atoms with E-state index in [1.54, 1.807) is 19.4 Å². The average Bonchev–Trinajstić information content (AvgIpc) is 3.20. The van der Waals surface area contributed by atoms with Gasteiger partial charge in [-0.2, -0.15) is 0 Å². The number of amides is 1. The number of carbonyl (C=O) groups is 1. The molecule has 3 heterocycles. The summed E-state index contributed by atoms with van der Waals surface area (Å²) in [6.07, 6.45) is 7.17. The van der Waals surface area contributed by atoms with E-state index in [1.807, 2.05) is 34.0 Å². The summed E-state index contributed by atoms with van der Waals surface area (Å²) in [7, 11) is 0. The summed E-state index contributed by atoms with van der Waals surface area (Å²) in [6.45, 7) is 8.11. The molecule has 1 N–H and O–H groups in total. The van der Waals surface area contributed by atoms with Crippen molar-refractivity contribution in [2.75, 3.05) is 32.7 Å². The molecule has 1 aliphatic heterocycles. The van der Waals surface area contributed by atoms with Gasteiger partial charge in [0.2, 0.25) is 5.91 Å².